The van der Waals surface area contributed by atoms with E-state index in [1.165, 1.54) is 0 Å². The second-order valence-corrected chi connectivity index (χ2v) is 7.06. The van der Waals surface area contributed by atoms with Gasteiger partial charge in [0.2, 0.25) is 10.0 Å². The standard InChI is InChI=1S/C12H14ClF2NO2S/c13-9-2-1-8(5-9)7-16-19(17,18)12-4-3-10(14)6-11(12)15/h3-4,6,8-9,16H,1-2,5,7H2. The molecule has 2 atom stereocenters. The first-order valence-corrected chi connectivity index (χ1v) is 7.89. The van der Waals surface area contributed by atoms with Gasteiger partial charge in [-0.2, -0.15) is 0 Å². The molecule has 0 radical (unpaired) electrons. The minimum atomic E-state index is -3.95. The van der Waals surface area contributed by atoms with Crippen molar-refractivity contribution in [1.82, 2.24) is 4.72 Å². The van der Waals surface area contributed by atoms with Crippen molar-refractivity contribution in [2.75, 3.05) is 6.54 Å². The lowest BCUT2D eigenvalue weighted by atomic mass is 10.1. The average Bonchev–Trinajstić information content (AvgIpc) is 2.72. The van der Waals surface area contributed by atoms with Crippen LogP contribution in [0.2, 0.25) is 0 Å². The first kappa shape index (κ1) is 14.7. The Balaban J connectivity index is 2.06. The van der Waals surface area contributed by atoms with Crippen LogP contribution in [0.3, 0.4) is 0 Å². The summed E-state index contributed by atoms with van der Waals surface area (Å²) in [6.07, 6.45) is 2.46. The molecule has 19 heavy (non-hydrogen) atoms. The van der Waals surface area contributed by atoms with Gasteiger partial charge in [0, 0.05) is 18.0 Å². The van der Waals surface area contributed by atoms with E-state index < -0.39 is 26.6 Å². The SMILES string of the molecule is O=S(=O)(NCC1CCC(Cl)C1)c1ccc(F)cc1F. The predicted octanol–water partition coefficient (Wildman–Crippen LogP) is 2.65. The summed E-state index contributed by atoms with van der Waals surface area (Å²) in [6, 6.07) is 2.40. The topological polar surface area (TPSA) is 46.2 Å². The van der Waals surface area contributed by atoms with E-state index in [1.807, 2.05) is 0 Å². The van der Waals surface area contributed by atoms with Gasteiger partial charge in [-0.15, -0.1) is 11.6 Å². The molecule has 1 fully saturated rings. The van der Waals surface area contributed by atoms with Crippen LogP contribution >= 0.6 is 11.6 Å². The Morgan fingerprint density at radius 2 is 2.05 bits per heavy atom. The quantitative estimate of drug-likeness (QED) is 0.869. The minimum absolute atomic E-state index is 0.0806. The molecule has 1 saturated carbocycles. The molecule has 0 spiro atoms. The average molecular weight is 310 g/mol. The van der Waals surface area contributed by atoms with Gasteiger partial charge >= 0.3 is 0 Å². The molecule has 0 heterocycles. The molecule has 0 aromatic heterocycles. The molecule has 1 N–H and O–H groups in total. The van der Waals surface area contributed by atoms with Crippen LogP contribution in [0, 0.1) is 17.6 Å². The van der Waals surface area contributed by atoms with Crippen LogP contribution in [-0.2, 0) is 10.0 Å². The lowest BCUT2D eigenvalue weighted by Crippen LogP contribution is -2.29. The van der Waals surface area contributed by atoms with E-state index in [-0.39, 0.29) is 17.8 Å². The van der Waals surface area contributed by atoms with Gasteiger partial charge in [0.25, 0.3) is 0 Å². The van der Waals surface area contributed by atoms with Crippen molar-refractivity contribution < 1.29 is 17.2 Å². The molecule has 3 nitrogen and oxygen atoms in total. The molecule has 7 heteroatoms. The van der Waals surface area contributed by atoms with Crippen LogP contribution in [0.1, 0.15) is 19.3 Å². The predicted molar refractivity (Wildman–Crippen MR) is 68.5 cm³/mol. The number of hydrogen-bond donors (Lipinski definition) is 1. The number of sulfonamides is 1. The van der Waals surface area contributed by atoms with Gasteiger partial charge in [-0.05, 0) is 37.3 Å². The molecule has 0 aliphatic heterocycles. The van der Waals surface area contributed by atoms with E-state index in [4.69, 9.17) is 11.6 Å². The van der Waals surface area contributed by atoms with Crippen molar-refractivity contribution in [1.29, 1.82) is 0 Å². The fraction of sp³-hybridized carbons (Fsp3) is 0.500. The summed E-state index contributed by atoms with van der Waals surface area (Å²) in [5.74, 6) is -1.73. The van der Waals surface area contributed by atoms with Crippen LogP contribution in [0.5, 0.6) is 0 Å². The van der Waals surface area contributed by atoms with Crippen molar-refractivity contribution in [3.8, 4) is 0 Å². The molecule has 106 valence electrons. The first-order valence-electron chi connectivity index (χ1n) is 5.97. The van der Waals surface area contributed by atoms with Crippen LogP contribution in [-0.4, -0.2) is 20.3 Å². The third kappa shape index (κ3) is 3.64. The highest BCUT2D eigenvalue weighted by molar-refractivity contribution is 7.89. The zero-order valence-electron chi connectivity index (χ0n) is 10.1. The van der Waals surface area contributed by atoms with Gasteiger partial charge < -0.3 is 0 Å². The number of alkyl halides is 1. The Morgan fingerprint density at radius 1 is 1.32 bits per heavy atom. The van der Waals surface area contributed by atoms with E-state index in [1.54, 1.807) is 0 Å². The van der Waals surface area contributed by atoms with E-state index in [2.05, 4.69) is 4.72 Å². The normalized spacial score (nSPS) is 23.7. The maximum Gasteiger partial charge on any atom is 0.243 e. The second kappa shape index (κ2) is 5.73. The molecule has 0 saturated heterocycles. The van der Waals surface area contributed by atoms with Gasteiger partial charge in [0.15, 0.2) is 0 Å². The zero-order valence-corrected chi connectivity index (χ0v) is 11.6. The Bertz CT molecular complexity index is 565. The highest BCUT2D eigenvalue weighted by atomic mass is 35.5. The maximum absolute atomic E-state index is 13.4. The Kier molecular flexibility index (Phi) is 4.43. The largest absolute Gasteiger partial charge is 0.243 e. The third-order valence-corrected chi connectivity index (χ3v) is 5.08. The molecule has 0 amide bonds. The minimum Gasteiger partial charge on any atom is -0.211 e. The molecule has 1 aromatic carbocycles. The number of benzene rings is 1. The molecular weight excluding hydrogens is 296 g/mol. The maximum atomic E-state index is 13.4. The number of nitrogens with one attached hydrogen (secondary N) is 1. The fourth-order valence-electron chi connectivity index (χ4n) is 2.20. The lowest BCUT2D eigenvalue weighted by Gasteiger charge is -2.12. The second-order valence-electron chi connectivity index (χ2n) is 4.70. The van der Waals surface area contributed by atoms with E-state index >= 15 is 0 Å². The van der Waals surface area contributed by atoms with Crippen molar-refractivity contribution in [3.63, 3.8) is 0 Å². The molecule has 1 aliphatic rings. The van der Waals surface area contributed by atoms with Crippen LogP contribution < -0.4 is 4.72 Å². The van der Waals surface area contributed by atoms with Crippen molar-refractivity contribution in [2.24, 2.45) is 5.92 Å². The van der Waals surface area contributed by atoms with Gasteiger partial charge in [-0.3, -0.25) is 0 Å². The van der Waals surface area contributed by atoms with Crippen LogP contribution in [0.4, 0.5) is 8.78 Å². The summed E-state index contributed by atoms with van der Waals surface area (Å²) in [7, 11) is -3.95. The van der Waals surface area contributed by atoms with Gasteiger partial charge in [0.1, 0.15) is 16.5 Å². The van der Waals surface area contributed by atoms with Crippen molar-refractivity contribution in [2.45, 2.75) is 29.5 Å². The molecule has 0 bridgehead atoms. The summed E-state index contributed by atoms with van der Waals surface area (Å²) in [6.45, 7) is 0.225. The Labute approximate surface area is 116 Å². The van der Waals surface area contributed by atoms with E-state index in [0.717, 1.165) is 31.4 Å². The smallest absolute Gasteiger partial charge is 0.211 e. The Hall–Kier alpha value is -0.720. The van der Waals surface area contributed by atoms with Crippen LogP contribution in [0.15, 0.2) is 23.1 Å². The summed E-state index contributed by atoms with van der Waals surface area (Å²) in [5.41, 5.74) is 0. The fourth-order valence-corrected chi connectivity index (χ4v) is 3.75. The molecule has 2 rings (SSSR count). The summed E-state index contributed by atoms with van der Waals surface area (Å²) < 4.78 is 52.3. The molecule has 2 unspecified atom stereocenters. The van der Waals surface area contributed by atoms with Gasteiger partial charge in [-0.25, -0.2) is 21.9 Å². The Morgan fingerprint density at radius 3 is 2.63 bits per heavy atom. The zero-order chi connectivity index (χ0) is 14.0. The monoisotopic (exact) mass is 309 g/mol. The number of halogens is 3. The summed E-state index contributed by atoms with van der Waals surface area (Å²) >= 11 is 5.94. The van der Waals surface area contributed by atoms with E-state index in [0.29, 0.717) is 6.07 Å². The van der Waals surface area contributed by atoms with E-state index in [9.17, 15) is 17.2 Å². The van der Waals surface area contributed by atoms with Gasteiger partial charge in [0.05, 0.1) is 0 Å². The summed E-state index contributed by atoms with van der Waals surface area (Å²) in [4.78, 5) is -0.533. The molecule has 1 aromatic rings. The van der Waals surface area contributed by atoms with Crippen molar-refractivity contribution in [3.05, 3.63) is 29.8 Å². The first-order chi connectivity index (χ1) is 8.88. The number of hydrogen-bond acceptors (Lipinski definition) is 2. The van der Waals surface area contributed by atoms with Crippen molar-refractivity contribution >= 4 is 21.6 Å². The third-order valence-electron chi connectivity index (χ3n) is 3.22. The summed E-state index contributed by atoms with van der Waals surface area (Å²) in [5, 5.41) is 0.0806. The van der Waals surface area contributed by atoms with Gasteiger partial charge in [-0.1, -0.05) is 0 Å². The highest BCUT2D eigenvalue weighted by Gasteiger charge is 2.26. The lowest BCUT2D eigenvalue weighted by molar-refractivity contribution is 0.512. The molecular formula is C12H14ClF2NO2S. The number of rotatable bonds is 4. The highest BCUT2D eigenvalue weighted by Crippen LogP contribution is 2.29. The van der Waals surface area contributed by atoms with Crippen LogP contribution in [0.25, 0.3) is 0 Å². The molecule has 1 aliphatic carbocycles.